The van der Waals surface area contributed by atoms with E-state index in [1.165, 1.54) is 16.7 Å². The third-order valence-electron chi connectivity index (χ3n) is 4.94. The summed E-state index contributed by atoms with van der Waals surface area (Å²) in [7, 11) is 0. The quantitative estimate of drug-likeness (QED) is 0.680. The third-order valence-corrected chi connectivity index (χ3v) is 5.23. The summed E-state index contributed by atoms with van der Waals surface area (Å²) in [4.78, 5) is 18.7. The van der Waals surface area contributed by atoms with Gasteiger partial charge in [0.05, 0.1) is 16.4 Å². The van der Waals surface area contributed by atoms with Crippen LogP contribution in [0.3, 0.4) is 0 Å². The number of piperidine rings is 1. The van der Waals surface area contributed by atoms with Crippen molar-refractivity contribution in [2.24, 2.45) is 0 Å². The molecule has 2 heterocycles. The average molecular weight is 419 g/mol. The Hall–Kier alpha value is -2.59. The van der Waals surface area contributed by atoms with Gasteiger partial charge >= 0.3 is 6.09 Å². The summed E-state index contributed by atoms with van der Waals surface area (Å²) in [6, 6.07) is 4.41. The number of halogens is 2. The molecule has 0 bridgehead atoms. The molecule has 1 saturated heterocycles. The first-order chi connectivity index (χ1) is 13.6. The highest BCUT2D eigenvalue weighted by Gasteiger charge is 2.30. The number of nitriles is 1. The molecule has 29 heavy (non-hydrogen) atoms. The van der Waals surface area contributed by atoms with Crippen molar-refractivity contribution in [2.45, 2.75) is 52.1 Å². The Kier molecular flexibility index (Phi) is 5.85. The molecule has 0 atom stereocenters. The number of rotatable bonds is 2. The van der Waals surface area contributed by atoms with E-state index in [4.69, 9.17) is 21.3 Å². The Morgan fingerprint density at radius 1 is 1.34 bits per heavy atom. The van der Waals surface area contributed by atoms with Crippen molar-refractivity contribution in [3.05, 3.63) is 40.6 Å². The predicted molar refractivity (Wildman–Crippen MR) is 108 cm³/mol. The van der Waals surface area contributed by atoms with E-state index in [9.17, 15) is 14.4 Å². The highest BCUT2D eigenvalue weighted by molar-refractivity contribution is 6.31. The number of carbonyl (C=O) groups is 1. The van der Waals surface area contributed by atoms with Gasteiger partial charge in [0.15, 0.2) is 6.19 Å². The van der Waals surface area contributed by atoms with E-state index in [0.717, 1.165) is 0 Å². The summed E-state index contributed by atoms with van der Waals surface area (Å²) in [5, 5.41) is 9.67. The zero-order chi connectivity index (χ0) is 21.3. The fraction of sp³-hybridized carbons (Fsp3) is 0.476. The number of likely N-dealkylation sites (tertiary alicyclic amines) is 1. The van der Waals surface area contributed by atoms with E-state index < -0.39 is 11.4 Å². The number of benzene rings is 1. The van der Waals surface area contributed by atoms with E-state index in [0.29, 0.717) is 48.7 Å². The van der Waals surface area contributed by atoms with Crippen LogP contribution in [-0.4, -0.2) is 39.2 Å². The van der Waals surface area contributed by atoms with Gasteiger partial charge in [-0.1, -0.05) is 11.6 Å². The van der Waals surface area contributed by atoms with Crippen LogP contribution in [0.1, 0.15) is 51.0 Å². The highest BCUT2D eigenvalue weighted by atomic mass is 35.5. The third kappa shape index (κ3) is 4.54. The Labute approximate surface area is 174 Å². The van der Waals surface area contributed by atoms with Crippen LogP contribution in [0.5, 0.6) is 0 Å². The standard InChI is InChI=1S/C21H24ClFN4O2/c1-13-18(15-5-6-17(23)16(22)11-15)25-19(27(13)12-24)14-7-9-26(10-8-14)20(28)29-21(2,3)4/h5-6,11,14H,7-10H2,1-4H3. The molecule has 1 aliphatic heterocycles. The second-order valence-electron chi connectivity index (χ2n) is 8.21. The average Bonchev–Trinajstić information content (AvgIpc) is 2.99. The number of amides is 1. The molecule has 1 amide bonds. The van der Waals surface area contributed by atoms with E-state index >= 15 is 0 Å². The molecule has 1 aliphatic rings. The number of carbonyl (C=O) groups excluding carboxylic acids is 1. The molecule has 6 nitrogen and oxygen atoms in total. The van der Waals surface area contributed by atoms with E-state index in [-0.39, 0.29) is 17.0 Å². The van der Waals surface area contributed by atoms with Crippen LogP contribution < -0.4 is 0 Å². The number of ether oxygens (including phenoxy) is 1. The summed E-state index contributed by atoms with van der Waals surface area (Å²) >= 11 is 5.91. The summed E-state index contributed by atoms with van der Waals surface area (Å²) in [6.07, 6.45) is 3.23. The Balaban J connectivity index is 1.81. The maximum atomic E-state index is 13.5. The van der Waals surface area contributed by atoms with Crippen LogP contribution in [-0.2, 0) is 4.74 Å². The number of hydrogen-bond acceptors (Lipinski definition) is 4. The van der Waals surface area contributed by atoms with Gasteiger partial charge in [0.2, 0.25) is 0 Å². The number of imidazole rings is 1. The van der Waals surface area contributed by atoms with Crippen LogP contribution in [0.4, 0.5) is 9.18 Å². The lowest BCUT2D eigenvalue weighted by Crippen LogP contribution is -2.41. The molecule has 1 fully saturated rings. The second-order valence-corrected chi connectivity index (χ2v) is 8.62. The zero-order valence-electron chi connectivity index (χ0n) is 17.0. The lowest BCUT2D eigenvalue weighted by atomic mass is 9.96. The van der Waals surface area contributed by atoms with Crippen LogP contribution in [0, 0.1) is 24.2 Å². The normalized spacial score (nSPS) is 15.3. The van der Waals surface area contributed by atoms with Gasteiger partial charge < -0.3 is 9.64 Å². The van der Waals surface area contributed by atoms with Crippen LogP contribution in [0.25, 0.3) is 11.3 Å². The first-order valence-corrected chi connectivity index (χ1v) is 9.91. The van der Waals surface area contributed by atoms with Gasteiger partial charge in [-0.2, -0.15) is 5.26 Å². The first-order valence-electron chi connectivity index (χ1n) is 9.53. The van der Waals surface area contributed by atoms with Gasteiger partial charge in [0, 0.05) is 24.6 Å². The maximum Gasteiger partial charge on any atom is 0.410 e. The smallest absolute Gasteiger partial charge is 0.410 e. The Bertz CT molecular complexity index is 966. The second kappa shape index (κ2) is 8.03. The minimum absolute atomic E-state index is 0.0145. The molecule has 0 N–H and O–H groups in total. The van der Waals surface area contributed by atoms with Gasteiger partial charge in [-0.25, -0.2) is 18.7 Å². The van der Waals surface area contributed by atoms with Gasteiger partial charge in [-0.05, 0) is 58.7 Å². The van der Waals surface area contributed by atoms with Gasteiger partial charge in [0.25, 0.3) is 0 Å². The van der Waals surface area contributed by atoms with E-state index in [2.05, 4.69) is 6.19 Å². The molecule has 0 saturated carbocycles. The molecular formula is C21H24ClFN4O2. The number of nitrogens with zero attached hydrogens (tertiary/aromatic N) is 4. The van der Waals surface area contributed by atoms with Crippen LogP contribution >= 0.6 is 11.6 Å². The molecule has 1 aromatic carbocycles. The minimum Gasteiger partial charge on any atom is -0.444 e. The summed E-state index contributed by atoms with van der Waals surface area (Å²) in [6.45, 7) is 8.40. The van der Waals surface area contributed by atoms with Gasteiger partial charge in [-0.15, -0.1) is 0 Å². The Morgan fingerprint density at radius 2 is 2.00 bits per heavy atom. The van der Waals surface area contributed by atoms with E-state index in [1.807, 2.05) is 27.7 Å². The maximum absolute atomic E-state index is 13.5. The number of hydrogen-bond donors (Lipinski definition) is 0. The summed E-state index contributed by atoms with van der Waals surface area (Å²) < 4.78 is 20.5. The van der Waals surface area contributed by atoms with Crippen molar-refractivity contribution in [2.75, 3.05) is 13.1 Å². The molecular weight excluding hydrogens is 395 g/mol. The highest BCUT2D eigenvalue weighted by Crippen LogP contribution is 2.33. The van der Waals surface area contributed by atoms with Crippen molar-refractivity contribution in [1.82, 2.24) is 14.5 Å². The molecule has 0 radical (unpaired) electrons. The lowest BCUT2D eigenvalue weighted by Gasteiger charge is -2.33. The molecule has 2 aromatic rings. The largest absolute Gasteiger partial charge is 0.444 e. The topological polar surface area (TPSA) is 71.2 Å². The van der Waals surface area contributed by atoms with Crippen molar-refractivity contribution < 1.29 is 13.9 Å². The predicted octanol–water partition coefficient (Wildman–Crippen LogP) is 5.09. The fourth-order valence-corrected chi connectivity index (χ4v) is 3.67. The van der Waals surface area contributed by atoms with Crippen LogP contribution in [0.15, 0.2) is 18.2 Å². The molecule has 1 aromatic heterocycles. The van der Waals surface area contributed by atoms with Crippen molar-refractivity contribution >= 4 is 17.7 Å². The molecule has 3 rings (SSSR count). The molecule has 0 spiro atoms. The SMILES string of the molecule is Cc1c(-c2ccc(F)c(Cl)c2)nc(C2CCN(C(=O)OC(C)(C)C)CC2)n1C#N. The molecule has 0 unspecified atom stereocenters. The molecule has 8 heteroatoms. The summed E-state index contributed by atoms with van der Waals surface area (Å²) in [5.41, 5.74) is 1.42. The summed E-state index contributed by atoms with van der Waals surface area (Å²) in [5.74, 6) is 0.198. The first kappa shape index (κ1) is 21.1. The monoisotopic (exact) mass is 418 g/mol. The molecule has 0 aliphatic carbocycles. The van der Waals surface area contributed by atoms with E-state index in [1.54, 1.807) is 11.0 Å². The van der Waals surface area contributed by atoms with Crippen molar-refractivity contribution in [3.63, 3.8) is 0 Å². The Morgan fingerprint density at radius 3 is 2.55 bits per heavy atom. The minimum atomic E-state index is -0.534. The van der Waals surface area contributed by atoms with Gasteiger partial charge in [-0.3, -0.25) is 0 Å². The van der Waals surface area contributed by atoms with Gasteiger partial charge in [0.1, 0.15) is 17.2 Å². The van der Waals surface area contributed by atoms with Crippen molar-refractivity contribution in [3.8, 4) is 17.5 Å². The number of aromatic nitrogens is 2. The lowest BCUT2D eigenvalue weighted by molar-refractivity contribution is 0.0203. The fourth-order valence-electron chi connectivity index (χ4n) is 3.49. The molecule has 154 valence electrons. The zero-order valence-corrected chi connectivity index (χ0v) is 17.8. The van der Waals surface area contributed by atoms with Crippen molar-refractivity contribution in [1.29, 1.82) is 5.26 Å². The van der Waals surface area contributed by atoms with Crippen LogP contribution in [0.2, 0.25) is 5.02 Å².